The van der Waals surface area contributed by atoms with Crippen molar-refractivity contribution in [3.8, 4) is 0 Å². The van der Waals surface area contributed by atoms with E-state index in [2.05, 4.69) is 20.4 Å². The molecule has 9 heteroatoms. The van der Waals surface area contributed by atoms with Crippen molar-refractivity contribution in [2.24, 2.45) is 0 Å². The standard InChI is InChI=1S/C16H23N7O2/c1-21(2)15-17-6-4-13(20-15)14-12-22(10-11-25-14)16(24)18-7-9-23-8-3-5-19-23/h3-6,8,14H,7,9-12H2,1-2H3,(H,18,24)/t14-/m0/s1. The molecule has 1 aliphatic heterocycles. The molecule has 0 aromatic carbocycles. The number of rotatable bonds is 5. The van der Waals surface area contributed by atoms with Gasteiger partial charge in [-0.05, 0) is 12.1 Å². The number of ether oxygens (including phenoxy) is 1. The highest BCUT2D eigenvalue weighted by Crippen LogP contribution is 2.21. The van der Waals surface area contributed by atoms with E-state index in [4.69, 9.17) is 4.74 Å². The van der Waals surface area contributed by atoms with Crippen LogP contribution in [0.4, 0.5) is 10.7 Å². The summed E-state index contributed by atoms with van der Waals surface area (Å²) in [7, 11) is 3.78. The summed E-state index contributed by atoms with van der Waals surface area (Å²) in [6.45, 7) is 2.69. The van der Waals surface area contributed by atoms with Gasteiger partial charge in [0.15, 0.2) is 0 Å². The maximum atomic E-state index is 12.4. The molecule has 9 nitrogen and oxygen atoms in total. The Balaban J connectivity index is 1.55. The zero-order valence-electron chi connectivity index (χ0n) is 14.5. The Hall–Kier alpha value is -2.68. The van der Waals surface area contributed by atoms with Crippen LogP contribution in [0.1, 0.15) is 11.8 Å². The summed E-state index contributed by atoms with van der Waals surface area (Å²) in [5.74, 6) is 0.627. The van der Waals surface area contributed by atoms with Gasteiger partial charge in [-0.1, -0.05) is 0 Å². The number of amides is 2. The molecule has 1 N–H and O–H groups in total. The Bertz CT molecular complexity index is 690. The van der Waals surface area contributed by atoms with Crippen molar-refractivity contribution in [1.29, 1.82) is 0 Å². The van der Waals surface area contributed by atoms with Gasteiger partial charge in [-0.15, -0.1) is 0 Å². The number of carbonyl (C=O) groups is 1. The van der Waals surface area contributed by atoms with Crippen LogP contribution in [0, 0.1) is 0 Å². The van der Waals surface area contributed by atoms with Crippen LogP contribution in [-0.4, -0.2) is 71.0 Å². The SMILES string of the molecule is CN(C)c1nccc([C@@H]2CN(C(=O)NCCn3cccn3)CCO2)n1. The Morgan fingerprint density at radius 1 is 1.44 bits per heavy atom. The van der Waals surface area contributed by atoms with Crippen LogP contribution in [0.2, 0.25) is 0 Å². The number of aromatic nitrogens is 4. The number of nitrogens with one attached hydrogen (secondary N) is 1. The van der Waals surface area contributed by atoms with Gasteiger partial charge in [-0.2, -0.15) is 5.10 Å². The number of hydrogen-bond acceptors (Lipinski definition) is 6. The van der Waals surface area contributed by atoms with Crippen molar-refractivity contribution >= 4 is 12.0 Å². The van der Waals surface area contributed by atoms with Gasteiger partial charge in [-0.3, -0.25) is 4.68 Å². The maximum absolute atomic E-state index is 12.4. The fourth-order valence-corrected chi connectivity index (χ4v) is 2.59. The zero-order chi connectivity index (χ0) is 17.6. The Labute approximate surface area is 146 Å². The molecule has 0 radical (unpaired) electrons. The predicted octanol–water partition coefficient (Wildman–Crippen LogP) is 0.522. The number of urea groups is 1. The van der Waals surface area contributed by atoms with Crippen LogP contribution in [0.5, 0.6) is 0 Å². The van der Waals surface area contributed by atoms with Crippen molar-refractivity contribution in [2.45, 2.75) is 12.6 Å². The summed E-state index contributed by atoms with van der Waals surface area (Å²) in [5.41, 5.74) is 0.785. The first-order valence-electron chi connectivity index (χ1n) is 8.25. The van der Waals surface area contributed by atoms with E-state index in [1.165, 1.54) is 0 Å². The van der Waals surface area contributed by atoms with Crippen LogP contribution < -0.4 is 10.2 Å². The van der Waals surface area contributed by atoms with Crippen LogP contribution in [-0.2, 0) is 11.3 Å². The van der Waals surface area contributed by atoms with Gasteiger partial charge < -0.3 is 19.9 Å². The second kappa shape index (κ2) is 7.93. The van der Waals surface area contributed by atoms with Gasteiger partial charge >= 0.3 is 6.03 Å². The average molecular weight is 345 g/mol. The molecule has 0 unspecified atom stereocenters. The first kappa shape index (κ1) is 17.2. The van der Waals surface area contributed by atoms with E-state index in [-0.39, 0.29) is 12.1 Å². The number of nitrogens with zero attached hydrogens (tertiary/aromatic N) is 6. The molecule has 2 aromatic heterocycles. The van der Waals surface area contributed by atoms with Crippen molar-refractivity contribution in [3.63, 3.8) is 0 Å². The van der Waals surface area contributed by atoms with E-state index in [1.54, 1.807) is 22.0 Å². The molecule has 134 valence electrons. The minimum atomic E-state index is -0.243. The lowest BCUT2D eigenvalue weighted by atomic mass is 10.2. The minimum absolute atomic E-state index is 0.0951. The lowest BCUT2D eigenvalue weighted by Crippen LogP contribution is -2.47. The third-order valence-corrected chi connectivity index (χ3v) is 3.92. The third-order valence-electron chi connectivity index (χ3n) is 3.92. The molecule has 1 saturated heterocycles. The van der Waals surface area contributed by atoms with Crippen molar-refractivity contribution in [1.82, 2.24) is 30.0 Å². The largest absolute Gasteiger partial charge is 0.368 e. The summed E-state index contributed by atoms with van der Waals surface area (Å²) < 4.78 is 7.58. The molecule has 0 aliphatic carbocycles. The smallest absolute Gasteiger partial charge is 0.317 e. The number of morpholine rings is 1. The molecular formula is C16H23N7O2. The molecule has 1 fully saturated rings. The fraction of sp³-hybridized carbons (Fsp3) is 0.500. The molecular weight excluding hydrogens is 322 g/mol. The molecule has 1 aliphatic rings. The van der Waals surface area contributed by atoms with Crippen LogP contribution >= 0.6 is 0 Å². The highest BCUT2D eigenvalue weighted by Gasteiger charge is 2.26. The molecule has 25 heavy (non-hydrogen) atoms. The maximum Gasteiger partial charge on any atom is 0.317 e. The van der Waals surface area contributed by atoms with Crippen molar-refractivity contribution in [3.05, 3.63) is 36.4 Å². The highest BCUT2D eigenvalue weighted by atomic mass is 16.5. The van der Waals surface area contributed by atoms with E-state index < -0.39 is 0 Å². The summed E-state index contributed by atoms with van der Waals surface area (Å²) in [5, 5.41) is 7.04. The molecule has 2 amide bonds. The third kappa shape index (κ3) is 4.44. The first-order chi connectivity index (χ1) is 12.1. The van der Waals surface area contributed by atoms with Gasteiger partial charge in [0.1, 0.15) is 6.10 Å². The Morgan fingerprint density at radius 2 is 2.32 bits per heavy atom. The highest BCUT2D eigenvalue weighted by molar-refractivity contribution is 5.74. The van der Waals surface area contributed by atoms with E-state index >= 15 is 0 Å². The molecule has 1 atom stereocenters. The molecule has 0 spiro atoms. The van der Waals surface area contributed by atoms with E-state index in [1.807, 2.05) is 37.3 Å². The molecule has 2 aromatic rings. The van der Waals surface area contributed by atoms with Crippen molar-refractivity contribution < 1.29 is 9.53 Å². The lowest BCUT2D eigenvalue weighted by molar-refractivity contribution is -0.0176. The predicted molar refractivity (Wildman–Crippen MR) is 92.3 cm³/mol. The van der Waals surface area contributed by atoms with E-state index in [0.717, 1.165) is 5.69 Å². The van der Waals surface area contributed by atoms with Crippen molar-refractivity contribution in [2.75, 3.05) is 45.2 Å². The lowest BCUT2D eigenvalue weighted by Gasteiger charge is -2.32. The van der Waals surface area contributed by atoms with Gasteiger partial charge in [0.2, 0.25) is 5.95 Å². The normalized spacial score (nSPS) is 17.4. The van der Waals surface area contributed by atoms with E-state index in [0.29, 0.717) is 38.7 Å². The number of hydrogen-bond donors (Lipinski definition) is 1. The summed E-state index contributed by atoms with van der Waals surface area (Å²) in [6, 6.07) is 3.59. The fourth-order valence-electron chi connectivity index (χ4n) is 2.59. The first-order valence-corrected chi connectivity index (χ1v) is 8.25. The molecule has 3 heterocycles. The van der Waals surface area contributed by atoms with E-state index in [9.17, 15) is 4.79 Å². The molecule has 0 saturated carbocycles. The van der Waals surface area contributed by atoms with Gasteiger partial charge in [0.05, 0.1) is 25.4 Å². The molecule has 0 bridgehead atoms. The summed E-state index contributed by atoms with van der Waals surface area (Å²) in [6.07, 6.45) is 5.06. The van der Waals surface area contributed by atoms with Crippen LogP contribution in [0.3, 0.4) is 0 Å². The quantitative estimate of drug-likeness (QED) is 0.850. The monoisotopic (exact) mass is 345 g/mol. The Kier molecular flexibility index (Phi) is 5.44. The second-order valence-corrected chi connectivity index (χ2v) is 5.98. The zero-order valence-corrected chi connectivity index (χ0v) is 14.5. The summed E-state index contributed by atoms with van der Waals surface area (Å²) in [4.78, 5) is 24.7. The van der Waals surface area contributed by atoms with Crippen LogP contribution in [0.25, 0.3) is 0 Å². The molecule has 3 rings (SSSR count). The Morgan fingerprint density at radius 3 is 3.08 bits per heavy atom. The minimum Gasteiger partial charge on any atom is -0.368 e. The average Bonchev–Trinajstić information content (AvgIpc) is 3.15. The van der Waals surface area contributed by atoms with Gasteiger partial charge in [-0.25, -0.2) is 14.8 Å². The van der Waals surface area contributed by atoms with Gasteiger partial charge in [0.25, 0.3) is 0 Å². The topological polar surface area (TPSA) is 88.4 Å². The second-order valence-electron chi connectivity index (χ2n) is 5.98. The number of carbonyl (C=O) groups excluding carboxylic acids is 1. The number of anilines is 1. The van der Waals surface area contributed by atoms with Crippen LogP contribution in [0.15, 0.2) is 30.7 Å². The van der Waals surface area contributed by atoms with Gasteiger partial charge in [0, 0.05) is 45.8 Å². The summed E-state index contributed by atoms with van der Waals surface area (Å²) >= 11 is 0.